The molecule has 0 aliphatic carbocycles. The average Bonchev–Trinajstić information content (AvgIpc) is 2.44. The van der Waals surface area contributed by atoms with E-state index in [1.165, 1.54) is 12.1 Å². The minimum Gasteiger partial charge on any atom is -0.313 e. The van der Waals surface area contributed by atoms with Crippen molar-refractivity contribution >= 4 is 12.5 Å². The Morgan fingerprint density at radius 2 is 1.86 bits per heavy atom. The Hall–Kier alpha value is -1.69. The summed E-state index contributed by atoms with van der Waals surface area (Å²) in [5, 5.41) is 3.16. The highest BCUT2D eigenvalue weighted by atomic mass is 19.4. The average molecular weight is 314 g/mol. The maximum Gasteiger partial charge on any atom is 0.416 e. The van der Waals surface area contributed by atoms with Gasteiger partial charge in [-0.2, -0.15) is 13.2 Å². The van der Waals surface area contributed by atoms with Crippen LogP contribution in [-0.2, 0) is 11.0 Å². The Bertz CT molecular complexity index is 495. The highest BCUT2D eigenvalue weighted by Crippen LogP contribution is 2.30. The molecular formula is C16H21F3N2O. The SMILES string of the molecule is C=NCCC(=O)C(CNC(C)C)c1ccc(C(F)(F)F)cc1. The van der Waals surface area contributed by atoms with E-state index in [9.17, 15) is 18.0 Å². The summed E-state index contributed by atoms with van der Waals surface area (Å²) in [6.07, 6.45) is -4.14. The van der Waals surface area contributed by atoms with Crippen molar-refractivity contribution < 1.29 is 18.0 Å². The number of benzene rings is 1. The van der Waals surface area contributed by atoms with E-state index in [2.05, 4.69) is 17.0 Å². The van der Waals surface area contributed by atoms with Crippen LogP contribution in [0.15, 0.2) is 29.3 Å². The van der Waals surface area contributed by atoms with E-state index in [0.717, 1.165) is 12.1 Å². The monoisotopic (exact) mass is 314 g/mol. The van der Waals surface area contributed by atoms with Crippen molar-refractivity contribution in [3.8, 4) is 0 Å². The van der Waals surface area contributed by atoms with Crippen LogP contribution >= 0.6 is 0 Å². The first-order chi connectivity index (χ1) is 10.3. The van der Waals surface area contributed by atoms with Gasteiger partial charge in [0, 0.05) is 25.6 Å². The molecule has 1 unspecified atom stereocenters. The van der Waals surface area contributed by atoms with Gasteiger partial charge < -0.3 is 10.3 Å². The van der Waals surface area contributed by atoms with Gasteiger partial charge in [-0.05, 0) is 24.4 Å². The van der Waals surface area contributed by atoms with E-state index >= 15 is 0 Å². The van der Waals surface area contributed by atoms with Crippen molar-refractivity contribution in [2.75, 3.05) is 13.1 Å². The molecule has 1 atom stereocenters. The van der Waals surface area contributed by atoms with Gasteiger partial charge in [-0.15, -0.1) is 0 Å². The number of Topliss-reactive ketones (excluding diaryl/α,β-unsaturated/α-hetero) is 1. The van der Waals surface area contributed by atoms with Crippen molar-refractivity contribution in [3.63, 3.8) is 0 Å². The lowest BCUT2D eigenvalue weighted by Crippen LogP contribution is -2.31. The molecule has 0 aliphatic rings. The first-order valence-corrected chi connectivity index (χ1v) is 7.11. The first kappa shape index (κ1) is 18.4. The van der Waals surface area contributed by atoms with Crippen LogP contribution in [0.5, 0.6) is 0 Å². The number of carbonyl (C=O) groups is 1. The maximum absolute atomic E-state index is 12.6. The lowest BCUT2D eigenvalue weighted by molar-refractivity contribution is -0.137. The van der Waals surface area contributed by atoms with Crippen LogP contribution in [0.4, 0.5) is 13.2 Å². The van der Waals surface area contributed by atoms with Crippen LogP contribution in [-0.4, -0.2) is 31.6 Å². The van der Waals surface area contributed by atoms with Crippen molar-refractivity contribution in [1.29, 1.82) is 0 Å². The summed E-state index contributed by atoms with van der Waals surface area (Å²) in [5.41, 5.74) is -0.137. The molecular weight excluding hydrogens is 293 g/mol. The van der Waals surface area contributed by atoms with Crippen LogP contribution in [0.25, 0.3) is 0 Å². The molecule has 122 valence electrons. The molecule has 0 amide bonds. The Balaban J connectivity index is 2.94. The minimum atomic E-state index is -4.37. The number of ketones is 1. The van der Waals surface area contributed by atoms with Crippen molar-refractivity contribution in [3.05, 3.63) is 35.4 Å². The fourth-order valence-electron chi connectivity index (χ4n) is 2.04. The highest BCUT2D eigenvalue weighted by molar-refractivity contribution is 5.86. The summed E-state index contributed by atoms with van der Waals surface area (Å²) in [7, 11) is 0. The number of nitrogens with zero attached hydrogens (tertiary/aromatic N) is 1. The molecule has 0 aliphatic heterocycles. The number of hydrogen-bond acceptors (Lipinski definition) is 3. The molecule has 0 saturated carbocycles. The summed E-state index contributed by atoms with van der Waals surface area (Å²) in [5.74, 6) is -0.535. The Kier molecular flexibility index (Phi) is 6.74. The number of rotatable bonds is 8. The Morgan fingerprint density at radius 1 is 1.27 bits per heavy atom. The smallest absolute Gasteiger partial charge is 0.313 e. The molecule has 0 bridgehead atoms. The molecule has 1 aromatic carbocycles. The van der Waals surface area contributed by atoms with E-state index in [0.29, 0.717) is 18.7 Å². The molecule has 1 aromatic rings. The van der Waals surface area contributed by atoms with Gasteiger partial charge in [-0.1, -0.05) is 26.0 Å². The maximum atomic E-state index is 12.6. The van der Waals surface area contributed by atoms with E-state index in [4.69, 9.17) is 0 Å². The van der Waals surface area contributed by atoms with E-state index in [1.807, 2.05) is 13.8 Å². The van der Waals surface area contributed by atoms with Crippen LogP contribution < -0.4 is 5.32 Å². The molecule has 0 fully saturated rings. The number of carbonyl (C=O) groups excluding carboxylic acids is 1. The topological polar surface area (TPSA) is 41.5 Å². The third kappa shape index (κ3) is 5.60. The molecule has 6 heteroatoms. The number of nitrogens with one attached hydrogen (secondary N) is 1. The van der Waals surface area contributed by atoms with Crippen molar-refractivity contribution in [2.45, 2.75) is 38.4 Å². The predicted octanol–water partition coefficient (Wildman–Crippen LogP) is 3.45. The number of halogens is 3. The molecule has 1 rings (SSSR count). The summed E-state index contributed by atoms with van der Waals surface area (Å²) >= 11 is 0. The molecule has 0 radical (unpaired) electrons. The van der Waals surface area contributed by atoms with Gasteiger partial charge in [0.1, 0.15) is 5.78 Å². The second kappa shape index (κ2) is 8.08. The van der Waals surface area contributed by atoms with Gasteiger partial charge in [-0.25, -0.2) is 0 Å². The van der Waals surface area contributed by atoms with E-state index < -0.39 is 17.7 Å². The van der Waals surface area contributed by atoms with Gasteiger partial charge in [0.15, 0.2) is 0 Å². The van der Waals surface area contributed by atoms with Crippen LogP contribution in [0.3, 0.4) is 0 Å². The third-order valence-electron chi connectivity index (χ3n) is 3.28. The Labute approximate surface area is 128 Å². The summed E-state index contributed by atoms with van der Waals surface area (Å²) < 4.78 is 37.8. The molecule has 0 spiro atoms. The quantitative estimate of drug-likeness (QED) is 0.747. The molecule has 0 aromatic heterocycles. The molecule has 0 saturated heterocycles. The van der Waals surface area contributed by atoms with Crippen LogP contribution in [0, 0.1) is 0 Å². The zero-order chi connectivity index (χ0) is 16.8. The zero-order valence-electron chi connectivity index (χ0n) is 12.8. The highest BCUT2D eigenvalue weighted by Gasteiger charge is 2.30. The second-order valence-electron chi connectivity index (χ2n) is 5.40. The van der Waals surface area contributed by atoms with Crippen molar-refractivity contribution in [1.82, 2.24) is 5.32 Å². The molecule has 0 heterocycles. The normalized spacial score (nSPS) is 13.2. The Morgan fingerprint density at radius 3 is 2.32 bits per heavy atom. The number of aliphatic imine (C=N–C) groups is 1. The first-order valence-electron chi connectivity index (χ1n) is 7.11. The summed E-state index contributed by atoms with van der Waals surface area (Å²) in [6, 6.07) is 4.94. The third-order valence-corrected chi connectivity index (χ3v) is 3.28. The van der Waals surface area contributed by atoms with Gasteiger partial charge in [-0.3, -0.25) is 4.79 Å². The standard InChI is InChI=1S/C16H21F3N2O/c1-11(2)21-10-14(15(22)8-9-20-3)12-4-6-13(7-5-12)16(17,18)19/h4-7,11,14,21H,3,8-10H2,1-2H3. The second-order valence-corrected chi connectivity index (χ2v) is 5.40. The molecule has 22 heavy (non-hydrogen) atoms. The summed E-state index contributed by atoms with van der Waals surface area (Å²) in [6.45, 7) is 7.93. The van der Waals surface area contributed by atoms with Gasteiger partial charge in [0.25, 0.3) is 0 Å². The summed E-state index contributed by atoms with van der Waals surface area (Å²) in [4.78, 5) is 15.9. The fraction of sp³-hybridized carbons (Fsp3) is 0.500. The lowest BCUT2D eigenvalue weighted by Gasteiger charge is -2.19. The van der Waals surface area contributed by atoms with Crippen LogP contribution in [0.2, 0.25) is 0 Å². The predicted molar refractivity (Wildman–Crippen MR) is 81.4 cm³/mol. The number of hydrogen-bond donors (Lipinski definition) is 1. The van der Waals surface area contributed by atoms with Gasteiger partial charge in [0.05, 0.1) is 11.5 Å². The van der Waals surface area contributed by atoms with Crippen LogP contribution in [0.1, 0.15) is 37.3 Å². The largest absolute Gasteiger partial charge is 0.416 e. The fourth-order valence-corrected chi connectivity index (χ4v) is 2.04. The number of alkyl halides is 3. The van der Waals surface area contributed by atoms with Gasteiger partial charge in [0.2, 0.25) is 0 Å². The van der Waals surface area contributed by atoms with Gasteiger partial charge >= 0.3 is 6.18 Å². The minimum absolute atomic E-state index is 0.0553. The zero-order valence-corrected chi connectivity index (χ0v) is 12.8. The van der Waals surface area contributed by atoms with E-state index in [1.54, 1.807) is 0 Å². The van der Waals surface area contributed by atoms with Crippen molar-refractivity contribution in [2.24, 2.45) is 4.99 Å². The lowest BCUT2D eigenvalue weighted by atomic mass is 9.92. The molecule has 1 N–H and O–H groups in total. The molecule has 3 nitrogen and oxygen atoms in total. The van der Waals surface area contributed by atoms with E-state index in [-0.39, 0.29) is 18.2 Å².